The number of hydrogen-bond donors (Lipinski definition) is 2. The average molecular weight is 366 g/mol. The molecule has 1 aromatic heterocycles. The minimum atomic E-state index is 0.134. The molecule has 134 valence electrons. The molecule has 4 aromatic rings. The van der Waals surface area contributed by atoms with Crippen LogP contribution < -0.4 is 4.74 Å². The first-order chi connectivity index (χ1) is 13.6. The van der Waals surface area contributed by atoms with Crippen LogP contribution >= 0.6 is 0 Å². The van der Waals surface area contributed by atoms with E-state index in [1.54, 1.807) is 42.5 Å². The number of hydrogen-bond acceptors (Lipinski definition) is 5. The van der Waals surface area contributed by atoms with Crippen LogP contribution in [0.15, 0.2) is 60.7 Å². The van der Waals surface area contributed by atoms with E-state index in [-0.39, 0.29) is 18.1 Å². The van der Waals surface area contributed by atoms with Crippen molar-refractivity contribution in [2.24, 2.45) is 0 Å². The van der Waals surface area contributed by atoms with Gasteiger partial charge < -0.3 is 14.9 Å². The van der Waals surface area contributed by atoms with E-state index >= 15 is 0 Å². The van der Waals surface area contributed by atoms with Gasteiger partial charge >= 0.3 is 0 Å². The molecule has 0 saturated carbocycles. The van der Waals surface area contributed by atoms with Gasteiger partial charge in [-0.1, -0.05) is 12.1 Å². The third-order valence-corrected chi connectivity index (χ3v) is 4.94. The van der Waals surface area contributed by atoms with E-state index in [0.717, 1.165) is 38.9 Å². The second-order valence-electron chi connectivity index (χ2n) is 6.68. The Balaban J connectivity index is 1.90. The molecular weight excluding hydrogens is 352 g/mol. The maximum Gasteiger partial charge on any atom is 0.132 e. The molecule has 1 aliphatic heterocycles. The number of phenolic OH excluding ortho intramolecular Hbond substituents is 2. The fourth-order valence-corrected chi connectivity index (χ4v) is 3.70. The number of pyridine rings is 1. The standard InChI is InChI=1S/C23H14N2O3/c24-11-13-2-1-3-14(8-13)22-18-9-15(26)5-7-20(18)25-23-17-6-4-16(27)10-21(17)28-12-19(22)23/h1-10,26-27H,12H2. The molecule has 5 nitrogen and oxygen atoms in total. The summed E-state index contributed by atoms with van der Waals surface area (Å²) in [4.78, 5) is 4.82. The van der Waals surface area contributed by atoms with Gasteiger partial charge in [-0.15, -0.1) is 0 Å². The van der Waals surface area contributed by atoms with Crippen molar-refractivity contribution in [2.75, 3.05) is 0 Å². The minimum absolute atomic E-state index is 0.134. The molecule has 0 unspecified atom stereocenters. The molecule has 0 aliphatic carbocycles. The van der Waals surface area contributed by atoms with E-state index < -0.39 is 0 Å². The number of rotatable bonds is 1. The number of nitrogens with zero attached hydrogens (tertiary/aromatic N) is 2. The highest BCUT2D eigenvalue weighted by Crippen LogP contribution is 2.44. The maximum absolute atomic E-state index is 10.1. The van der Waals surface area contributed by atoms with Crippen molar-refractivity contribution in [3.63, 3.8) is 0 Å². The SMILES string of the molecule is N#Cc1cccc(-c2c3c(nc4ccc(O)cc24)-c2ccc(O)cc2OC3)c1. The van der Waals surface area contributed by atoms with Crippen LogP contribution in [-0.4, -0.2) is 15.2 Å². The first-order valence-electron chi connectivity index (χ1n) is 8.76. The summed E-state index contributed by atoms with van der Waals surface area (Å²) in [5.41, 5.74) is 5.48. The lowest BCUT2D eigenvalue weighted by atomic mass is 9.90. The Labute approximate surface area is 160 Å². The number of nitriles is 1. The summed E-state index contributed by atoms with van der Waals surface area (Å²) >= 11 is 0. The predicted octanol–water partition coefficient (Wildman–Crippen LogP) is 4.74. The fraction of sp³-hybridized carbons (Fsp3) is 0.0435. The van der Waals surface area contributed by atoms with Gasteiger partial charge in [0.15, 0.2) is 0 Å². The highest BCUT2D eigenvalue weighted by Gasteiger charge is 2.25. The van der Waals surface area contributed by atoms with E-state index in [9.17, 15) is 15.5 Å². The van der Waals surface area contributed by atoms with Gasteiger partial charge in [-0.25, -0.2) is 4.98 Å². The molecular formula is C23H14N2O3. The molecule has 2 N–H and O–H groups in total. The molecule has 5 heteroatoms. The molecule has 28 heavy (non-hydrogen) atoms. The lowest BCUT2D eigenvalue weighted by molar-refractivity contribution is 0.300. The zero-order chi connectivity index (χ0) is 19.3. The summed E-state index contributed by atoms with van der Waals surface area (Å²) in [6, 6.07) is 19.6. The van der Waals surface area contributed by atoms with Gasteiger partial charge in [-0.05, 0) is 48.0 Å². The topological polar surface area (TPSA) is 86.4 Å². The van der Waals surface area contributed by atoms with E-state index in [1.165, 1.54) is 0 Å². The summed E-state index contributed by atoms with van der Waals surface area (Å²) in [5, 5.41) is 29.9. The Hall–Kier alpha value is -4.04. The summed E-state index contributed by atoms with van der Waals surface area (Å²) < 4.78 is 5.90. The molecule has 0 bridgehead atoms. The molecule has 0 fully saturated rings. The smallest absolute Gasteiger partial charge is 0.132 e. The van der Waals surface area contributed by atoms with E-state index in [4.69, 9.17) is 9.72 Å². The van der Waals surface area contributed by atoms with Gasteiger partial charge in [0.2, 0.25) is 0 Å². The Kier molecular flexibility index (Phi) is 3.46. The maximum atomic E-state index is 10.1. The van der Waals surface area contributed by atoms with Gasteiger partial charge in [0, 0.05) is 28.1 Å². The first kappa shape index (κ1) is 16.2. The molecule has 0 spiro atoms. The van der Waals surface area contributed by atoms with E-state index in [1.807, 2.05) is 18.2 Å². The van der Waals surface area contributed by atoms with Crippen LogP contribution in [0.1, 0.15) is 11.1 Å². The largest absolute Gasteiger partial charge is 0.508 e. The molecule has 0 saturated heterocycles. The predicted molar refractivity (Wildman–Crippen MR) is 105 cm³/mol. The second-order valence-corrected chi connectivity index (χ2v) is 6.68. The number of aromatic hydroxyl groups is 2. The van der Waals surface area contributed by atoms with Crippen molar-refractivity contribution in [2.45, 2.75) is 6.61 Å². The molecule has 5 rings (SSSR count). The molecule has 1 aliphatic rings. The summed E-state index contributed by atoms with van der Waals surface area (Å²) in [5.74, 6) is 0.860. The molecule has 0 radical (unpaired) electrons. The van der Waals surface area contributed by atoms with Crippen LogP contribution in [0, 0.1) is 11.3 Å². The van der Waals surface area contributed by atoms with Crippen LogP contribution in [0.4, 0.5) is 0 Å². The van der Waals surface area contributed by atoms with Crippen molar-refractivity contribution in [1.82, 2.24) is 4.98 Å². The number of benzene rings is 3. The summed E-state index contributed by atoms with van der Waals surface area (Å²) in [7, 11) is 0. The third kappa shape index (κ3) is 2.43. The number of fused-ring (bicyclic) bond motifs is 4. The number of ether oxygens (including phenoxy) is 1. The average Bonchev–Trinajstić information content (AvgIpc) is 2.71. The Bertz CT molecular complexity index is 1310. The third-order valence-electron chi connectivity index (χ3n) is 4.94. The van der Waals surface area contributed by atoms with Crippen LogP contribution in [0.3, 0.4) is 0 Å². The van der Waals surface area contributed by atoms with Gasteiger partial charge in [0.1, 0.15) is 23.9 Å². The van der Waals surface area contributed by atoms with Crippen LogP contribution in [0.5, 0.6) is 17.2 Å². The molecule has 2 heterocycles. The molecule has 0 atom stereocenters. The van der Waals surface area contributed by atoms with Crippen molar-refractivity contribution < 1.29 is 14.9 Å². The van der Waals surface area contributed by atoms with E-state index in [2.05, 4.69) is 6.07 Å². The summed E-state index contributed by atoms with van der Waals surface area (Å²) in [6.07, 6.45) is 0. The van der Waals surface area contributed by atoms with Crippen molar-refractivity contribution in [1.29, 1.82) is 5.26 Å². The number of phenols is 2. The van der Waals surface area contributed by atoms with Gasteiger partial charge in [0.05, 0.1) is 22.8 Å². The monoisotopic (exact) mass is 366 g/mol. The van der Waals surface area contributed by atoms with Gasteiger partial charge in [-0.3, -0.25) is 0 Å². The van der Waals surface area contributed by atoms with Crippen LogP contribution in [0.2, 0.25) is 0 Å². The zero-order valence-electron chi connectivity index (χ0n) is 14.7. The minimum Gasteiger partial charge on any atom is -0.508 e. The van der Waals surface area contributed by atoms with Gasteiger partial charge in [0.25, 0.3) is 0 Å². The highest BCUT2D eigenvalue weighted by molar-refractivity contribution is 6.00. The number of aromatic nitrogens is 1. The van der Waals surface area contributed by atoms with Crippen molar-refractivity contribution >= 4 is 10.9 Å². The highest BCUT2D eigenvalue weighted by atomic mass is 16.5. The van der Waals surface area contributed by atoms with Crippen molar-refractivity contribution in [3.8, 4) is 45.7 Å². The quantitative estimate of drug-likeness (QED) is 0.508. The molecule has 3 aromatic carbocycles. The Morgan fingerprint density at radius 2 is 1.79 bits per heavy atom. The van der Waals surface area contributed by atoms with Gasteiger partial charge in [-0.2, -0.15) is 5.26 Å². The Morgan fingerprint density at radius 1 is 0.964 bits per heavy atom. The van der Waals surface area contributed by atoms with E-state index in [0.29, 0.717) is 11.3 Å². The summed E-state index contributed by atoms with van der Waals surface area (Å²) in [6.45, 7) is 0.274. The first-order valence-corrected chi connectivity index (χ1v) is 8.76. The van der Waals surface area contributed by atoms with Crippen LogP contribution in [0.25, 0.3) is 33.3 Å². The Morgan fingerprint density at radius 3 is 2.64 bits per heavy atom. The zero-order valence-corrected chi connectivity index (χ0v) is 14.7. The fourth-order valence-electron chi connectivity index (χ4n) is 3.70. The molecule has 0 amide bonds. The lowest BCUT2D eigenvalue weighted by Gasteiger charge is -2.24. The second kappa shape index (κ2) is 6.00. The van der Waals surface area contributed by atoms with Crippen LogP contribution in [-0.2, 0) is 6.61 Å². The normalized spacial score (nSPS) is 12.0. The lowest BCUT2D eigenvalue weighted by Crippen LogP contribution is -2.09. The van der Waals surface area contributed by atoms with Crippen molar-refractivity contribution in [3.05, 3.63) is 71.8 Å².